The van der Waals surface area contributed by atoms with Crippen LogP contribution in [0.5, 0.6) is 0 Å². The van der Waals surface area contributed by atoms with Crippen molar-refractivity contribution < 1.29 is 47.6 Å². The van der Waals surface area contributed by atoms with E-state index in [0.717, 1.165) is 6.33 Å². The van der Waals surface area contributed by atoms with Gasteiger partial charge in [0.25, 0.3) is 0 Å². The van der Waals surface area contributed by atoms with Gasteiger partial charge < -0.3 is 39.9 Å². The molecule has 0 bridgehead atoms. The maximum Gasteiger partial charge on any atom is 0.481 e. The van der Waals surface area contributed by atoms with Gasteiger partial charge in [-0.2, -0.15) is 9.22 Å². The number of aliphatic hydroxyl groups excluding tert-OH is 1. The van der Waals surface area contributed by atoms with E-state index in [1.165, 1.54) is 17.7 Å². The molecular weight excluding hydrogens is 464 g/mol. The van der Waals surface area contributed by atoms with Crippen LogP contribution in [0.25, 0.3) is 11.0 Å². The van der Waals surface area contributed by atoms with Crippen LogP contribution in [-0.4, -0.2) is 63.8 Å². The number of fused-ring (bicyclic) bond motifs is 1. The number of nitrogens with two attached hydrogens (primary N) is 1. The number of nitroso groups, excluding NO2 is 1. The highest BCUT2D eigenvalue weighted by atomic mass is 31.3. The maximum atomic E-state index is 11.6. The van der Waals surface area contributed by atoms with E-state index in [0.29, 0.717) is 5.56 Å². The molecule has 0 saturated carbocycles. The average molecular weight is 483 g/mol. The average Bonchev–Trinajstić information content (AvgIpc) is 3.09. The molecule has 3 rings (SSSR count). The van der Waals surface area contributed by atoms with E-state index in [1.54, 1.807) is 0 Å². The standard InChI is InChI=1S/C13H19N5O11P2/c1-13(20)9(19)7(4-27-31(25,26)29-30(22,23)24)28-12(13)18-3-6(2-17-21)8-10(14)15-5-16-11(8)18/h3,5,7,9,12,19-20H,2,4H2,1H3,(H,25,26)(H2,14,15,16)(H2,22,23,24)/t7?,9?,12?,13-/m1/s1. The van der Waals surface area contributed by atoms with Crippen molar-refractivity contribution in [1.29, 1.82) is 0 Å². The zero-order chi connectivity index (χ0) is 23.2. The molecule has 16 nitrogen and oxygen atoms in total. The SMILES string of the molecule is C[C@@]1(O)C(O)C(COP(=O)(O)OP(=O)(O)O)OC1n1cc(CN=O)c2c(N)ncnc21. The molecular formula is C13H19N5O11P2. The minimum atomic E-state index is -5.34. The molecule has 5 atom stereocenters. The molecule has 7 N–H and O–H groups in total. The van der Waals surface area contributed by atoms with Crippen LogP contribution in [0.4, 0.5) is 5.82 Å². The number of aromatic nitrogens is 3. The molecule has 2 aromatic heterocycles. The lowest BCUT2D eigenvalue weighted by Crippen LogP contribution is -2.44. The highest BCUT2D eigenvalue weighted by Crippen LogP contribution is 2.58. The van der Waals surface area contributed by atoms with Crippen molar-refractivity contribution >= 4 is 32.5 Å². The van der Waals surface area contributed by atoms with E-state index in [4.69, 9.17) is 20.3 Å². The fraction of sp³-hybridized carbons (Fsp3) is 0.538. The fourth-order valence-corrected chi connectivity index (χ4v) is 4.86. The van der Waals surface area contributed by atoms with Crippen molar-refractivity contribution in [3.63, 3.8) is 0 Å². The largest absolute Gasteiger partial charge is 0.481 e. The first-order valence-corrected chi connectivity index (χ1v) is 11.5. The van der Waals surface area contributed by atoms with E-state index in [1.807, 2.05) is 0 Å². The number of phosphoric ester groups is 1. The molecule has 1 aliphatic heterocycles. The first-order valence-electron chi connectivity index (χ1n) is 8.46. The molecule has 1 fully saturated rings. The van der Waals surface area contributed by atoms with E-state index in [2.05, 4.69) is 24.0 Å². The molecule has 0 spiro atoms. The van der Waals surface area contributed by atoms with Crippen LogP contribution in [-0.2, 0) is 29.2 Å². The summed E-state index contributed by atoms with van der Waals surface area (Å²) in [4.78, 5) is 45.3. The molecule has 0 aromatic carbocycles. The molecule has 18 heteroatoms. The summed E-state index contributed by atoms with van der Waals surface area (Å²) >= 11 is 0. The predicted octanol–water partition coefficient (Wildman–Crippen LogP) is -0.485. The second kappa shape index (κ2) is 8.26. The van der Waals surface area contributed by atoms with Crippen molar-refractivity contribution in [3.05, 3.63) is 23.0 Å². The molecule has 1 saturated heterocycles. The number of hydrogen-bond donors (Lipinski definition) is 6. The third kappa shape index (κ3) is 4.83. The van der Waals surface area contributed by atoms with Gasteiger partial charge in [0.05, 0.1) is 12.0 Å². The van der Waals surface area contributed by atoms with Crippen LogP contribution >= 0.6 is 15.6 Å². The zero-order valence-electron chi connectivity index (χ0n) is 15.7. The van der Waals surface area contributed by atoms with Gasteiger partial charge in [-0.25, -0.2) is 19.1 Å². The lowest BCUT2D eigenvalue weighted by molar-refractivity contribution is -0.0947. The summed E-state index contributed by atoms with van der Waals surface area (Å²) in [6, 6.07) is 0. The zero-order valence-corrected chi connectivity index (χ0v) is 17.5. The van der Waals surface area contributed by atoms with Gasteiger partial charge in [-0.05, 0) is 6.92 Å². The Bertz CT molecular complexity index is 1090. The normalized spacial score (nSPS) is 28.6. The first kappa shape index (κ1) is 23.8. The summed E-state index contributed by atoms with van der Waals surface area (Å²) in [5, 5.41) is 24.4. The van der Waals surface area contributed by atoms with E-state index < -0.39 is 46.3 Å². The Labute approximate surface area is 173 Å². The number of nitrogens with zero attached hydrogens (tertiary/aromatic N) is 4. The molecule has 0 amide bonds. The smallest absolute Gasteiger partial charge is 0.387 e. The molecule has 31 heavy (non-hydrogen) atoms. The Morgan fingerprint density at radius 2 is 2.03 bits per heavy atom. The van der Waals surface area contributed by atoms with Gasteiger partial charge in [-0.15, -0.1) is 0 Å². The highest BCUT2D eigenvalue weighted by Gasteiger charge is 2.54. The quantitative estimate of drug-likeness (QED) is 0.205. The van der Waals surface area contributed by atoms with Gasteiger partial charge in [-0.3, -0.25) is 4.52 Å². The van der Waals surface area contributed by atoms with Crippen molar-refractivity contribution in [3.8, 4) is 0 Å². The molecule has 4 unspecified atom stereocenters. The Balaban J connectivity index is 1.90. The van der Waals surface area contributed by atoms with Crippen molar-refractivity contribution in [2.75, 3.05) is 12.3 Å². The number of aliphatic hydroxyl groups is 2. The minimum absolute atomic E-state index is 0.0382. The maximum absolute atomic E-state index is 11.6. The van der Waals surface area contributed by atoms with Crippen LogP contribution in [0.3, 0.4) is 0 Å². The lowest BCUT2D eigenvalue weighted by atomic mass is 9.96. The Hall–Kier alpha value is -1.84. The number of nitrogen functional groups attached to an aromatic ring is 1. The molecule has 172 valence electrons. The van der Waals surface area contributed by atoms with E-state index >= 15 is 0 Å². The summed E-state index contributed by atoms with van der Waals surface area (Å²) < 4.78 is 37.4. The molecule has 1 aliphatic rings. The molecule has 3 heterocycles. The van der Waals surface area contributed by atoms with Gasteiger partial charge in [0, 0.05) is 11.8 Å². The van der Waals surface area contributed by atoms with Gasteiger partial charge in [0.1, 0.15) is 42.1 Å². The summed E-state index contributed by atoms with van der Waals surface area (Å²) in [6.45, 7) is 0.0418. The summed E-state index contributed by atoms with van der Waals surface area (Å²) in [5.74, 6) is 0.0382. The number of phosphoric acid groups is 2. The topological polar surface area (TPSA) is 249 Å². The second-order valence-corrected chi connectivity index (χ2v) is 9.67. The molecule has 0 aliphatic carbocycles. The Kier molecular flexibility index (Phi) is 6.34. The Morgan fingerprint density at radius 3 is 2.65 bits per heavy atom. The summed E-state index contributed by atoms with van der Waals surface area (Å²) in [5.41, 5.74) is 4.33. The minimum Gasteiger partial charge on any atom is -0.387 e. The predicted molar refractivity (Wildman–Crippen MR) is 101 cm³/mol. The Morgan fingerprint density at radius 1 is 1.35 bits per heavy atom. The third-order valence-electron chi connectivity index (χ3n) is 4.57. The first-order chi connectivity index (χ1) is 14.3. The van der Waals surface area contributed by atoms with Crippen molar-refractivity contribution in [2.24, 2.45) is 5.18 Å². The van der Waals surface area contributed by atoms with Gasteiger partial charge in [0.15, 0.2) is 6.23 Å². The van der Waals surface area contributed by atoms with Crippen LogP contribution in [0.15, 0.2) is 17.7 Å². The number of hydrogen-bond acceptors (Lipinski definition) is 12. The van der Waals surface area contributed by atoms with Crippen LogP contribution < -0.4 is 5.73 Å². The van der Waals surface area contributed by atoms with Gasteiger partial charge >= 0.3 is 15.6 Å². The van der Waals surface area contributed by atoms with Crippen molar-refractivity contribution in [2.45, 2.75) is 37.5 Å². The highest BCUT2D eigenvalue weighted by molar-refractivity contribution is 7.60. The van der Waals surface area contributed by atoms with Gasteiger partial charge in [-0.1, -0.05) is 5.18 Å². The monoisotopic (exact) mass is 483 g/mol. The number of rotatable bonds is 8. The third-order valence-corrected chi connectivity index (χ3v) is 6.72. The van der Waals surface area contributed by atoms with Crippen molar-refractivity contribution in [1.82, 2.24) is 14.5 Å². The van der Waals surface area contributed by atoms with Crippen LogP contribution in [0, 0.1) is 4.91 Å². The number of ether oxygens (including phenoxy) is 1. The van der Waals surface area contributed by atoms with Crippen LogP contribution in [0.1, 0.15) is 18.7 Å². The lowest BCUT2D eigenvalue weighted by Gasteiger charge is -2.27. The molecule has 0 radical (unpaired) electrons. The number of anilines is 1. The molecule has 2 aromatic rings. The van der Waals surface area contributed by atoms with Gasteiger partial charge in [0.2, 0.25) is 0 Å². The summed E-state index contributed by atoms with van der Waals surface area (Å²) in [7, 11) is -10.5. The van der Waals surface area contributed by atoms with E-state index in [-0.39, 0.29) is 23.4 Å². The van der Waals surface area contributed by atoms with E-state index in [9.17, 15) is 29.1 Å². The summed E-state index contributed by atoms with van der Waals surface area (Å²) in [6.07, 6.45) is -1.94. The van der Waals surface area contributed by atoms with Crippen LogP contribution in [0.2, 0.25) is 0 Å². The fourth-order valence-electron chi connectivity index (χ4n) is 3.26. The second-order valence-electron chi connectivity index (χ2n) is 6.84.